The summed E-state index contributed by atoms with van der Waals surface area (Å²) in [6.45, 7) is -2.26. The van der Waals surface area contributed by atoms with Gasteiger partial charge in [0.05, 0.1) is 37.9 Å². The van der Waals surface area contributed by atoms with Crippen molar-refractivity contribution in [2.45, 2.75) is 110 Å². The first-order valence-corrected chi connectivity index (χ1v) is 14.4. The normalized spacial score (nSPS) is 43.6. The summed E-state index contributed by atoms with van der Waals surface area (Å²) >= 11 is 0. The van der Waals surface area contributed by atoms with Crippen LogP contribution in [-0.2, 0) is 23.7 Å². The second kappa shape index (κ2) is 16.2. The highest BCUT2D eigenvalue weighted by molar-refractivity contribution is 5.82. The summed E-state index contributed by atoms with van der Waals surface area (Å²) in [7, 11) is 0. The number of nitrogens with two attached hydrogens (primary N) is 4. The number of alkyl halides is 2. The number of carbonyl (C=O) groups is 1. The van der Waals surface area contributed by atoms with Gasteiger partial charge in [0.2, 0.25) is 0 Å². The molecule has 0 bridgehead atoms. The van der Waals surface area contributed by atoms with Gasteiger partial charge in [-0.15, -0.1) is 0 Å². The Morgan fingerprint density at radius 3 is 2.11 bits per heavy atom. The summed E-state index contributed by atoms with van der Waals surface area (Å²) < 4.78 is 50.7. The first-order valence-electron chi connectivity index (χ1n) is 14.4. The van der Waals surface area contributed by atoms with Crippen molar-refractivity contribution in [3.05, 3.63) is 0 Å². The number of ether oxygens (including phenoxy) is 4. The second-order valence-electron chi connectivity index (χ2n) is 11.4. The number of halogens is 2. The lowest BCUT2D eigenvalue weighted by Gasteiger charge is -2.49. The van der Waals surface area contributed by atoms with Gasteiger partial charge in [-0.1, -0.05) is 0 Å². The van der Waals surface area contributed by atoms with Crippen molar-refractivity contribution in [1.82, 2.24) is 10.6 Å². The van der Waals surface area contributed by atoms with Crippen molar-refractivity contribution >= 4 is 5.91 Å². The van der Waals surface area contributed by atoms with Gasteiger partial charge in [0, 0.05) is 19.1 Å². The van der Waals surface area contributed by atoms with E-state index >= 15 is 0 Å². The quantitative estimate of drug-likeness (QED) is 0.0812. The molecule has 21 heteroatoms. The minimum atomic E-state index is -4.02. The van der Waals surface area contributed by atoms with Crippen LogP contribution >= 0.6 is 0 Å². The van der Waals surface area contributed by atoms with Crippen molar-refractivity contribution in [2.75, 3.05) is 32.8 Å². The molecule has 3 rings (SSSR count). The maximum Gasteiger partial charge on any atom is 0.294 e. The minimum Gasteiger partial charge on any atom is -0.395 e. The molecule has 264 valence electrons. The molecular weight excluding hydrogens is 618 g/mol. The summed E-state index contributed by atoms with van der Waals surface area (Å²) in [5, 5.41) is 86.5. The molecule has 3 fully saturated rings. The second-order valence-corrected chi connectivity index (χ2v) is 11.4. The fraction of sp³-hybridized carbons (Fsp3) is 0.958. The number of rotatable bonds is 13. The Hall–Kier alpha value is -1.35. The van der Waals surface area contributed by atoms with Gasteiger partial charge in [-0.2, -0.15) is 0 Å². The number of hydrogen-bond donors (Lipinski definition) is 14. The van der Waals surface area contributed by atoms with E-state index in [0.29, 0.717) is 0 Å². The molecule has 1 amide bonds. The van der Waals surface area contributed by atoms with Gasteiger partial charge in [-0.05, 0) is 6.42 Å². The zero-order chi connectivity index (χ0) is 33.8. The van der Waals surface area contributed by atoms with Gasteiger partial charge in [0.25, 0.3) is 11.8 Å². The zero-order valence-corrected chi connectivity index (χ0v) is 24.2. The Balaban J connectivity index is 1.87. The third-order valence-corrected chi connectivity index (χ3v) is 8.17. The standard InChI is InChI=1S/C24H46F2N6O13/c25-24(26,6-27)20(40)21(41)32-8-3-7(28)18(44-22-12(30)15(37)14(36)9(42-22)4-31-1-2-33)17(39)19(8)45-23-16(38)11(29)13(35)10(5-34)43-23/h7-20,22-23,31,33-40H,1-6,27-30H2,(H,32,41)/t7-,8+,9+,10+,11-,12+,13+,14+,15+,16+,17-,18?,19-,20?,22+,23+/m0/s1. The number of carbonyl (C=O) groups excluding carboxylic acids is 1. The molecule has 2 aliphatic heterocycles. The van der Waals surface area contributed by atoms with E-state index in [2.05, 4.69) is 10.6 Å². The Labute approximate surface area is 256 Å². The lowest BCUT2D eigenvalue weighted by molar-refractivity contribution is -0.320. The molecule has 16 atom stereocenters. The molecule has 0 aromatic carbocycles. The summed E-state index contributed by atoms with van der Waals surface area (Å²) in [5.41, 5.74) is 23.1. The fourth-order valence-electron chi connectivity index (χ4n) is 5.41. The van der Waals surface area contributed by atoms with E-state index in [1.54, 1.807) is 0 Å². The number of aliphatic hydroxyl groups excluding tert-OH is 8. The van der Waals surface area contributed by atoms with Crippen molar-refractivity contribution in [3.8, 4) is 0 Å². The monoisotopic (exact) mass is 664 g/mol. The molecule has 0 spiro atoms. The SMILES string of the molecule is NCC(F)(F)C(O)C(=O)N[C@@H]1C[C@H](N)C(O[C@H]2O[C@H](CNCCO)[C@@H](O)[C@H](O)[C@H]2N)[C@H](O)[C@H]1O[C@H]1O[C@H](CO)[C@@H](O)[C@H](N)[C@H]1O. The molecule has 0 radical (unpaired) electrons. The molecule has 2 unspecified atom stereocenters. The summed E-state index contributed by atoms with van der Waals surface area (Å²) in [5.74, 6) is -5.62. The van der Waals surface area contributed by atoms with E-state index in [-0.39, 0.29) is 26.1 Å². The molecule has 0 aromatic heterocycles. The van der Waals surface area contributed by atoms with E-state index in [1.165, 1.54) is 0 Å². The molecule has 18 N–H and O–H groups in total. The van der Waals surface area contributed by atoms with Crippen molar-refractivity contribution in [1.29, 1.82) is 0 Å². The molecule has 1 aliphatic carbocycles. The van der Waals surface area contributed by atoms with Crippen LogP contribution in [0.25, 0.3) is 0 Å². The number of aliphatic hydroxyl groups is 8. The van der Waals surface area contributed by atoms with E-state index in [1.807, 2.05) is 0 Å². The molecule has 1 saturated carbocycles. The Morgan fingerprint density at radius 1 is 0.889 bits per heavy atom. The average Bonchev–Trinajstić information content (AvgIpc) is 3.01. The maximum absolute atomic E-state index is 14.0. The first kappa shape index (κ1) is 38.1. The third-order valence-electron chi connectivity index (χ3n) is 8.17. The predicted octanol–water partition coefficient (Wildman–Crippen LogP) is -8.59. The number of nitrogens with one attached hydrogen (secondary N) is 2. The smallest absolute Gasteiger partial charge is 0.294 e. The first-order chi connectivity index (χ1) is 21.1. The molecule has 19 nitrogen and oxygen atoms in total. The van der Waals surface area contributed by atoms with Gasteiger partial charge in [-0.25, -0.2) is 8.78 Å². The molecular formula is C24H46F2N6O13. The highest BCUT2D eigenvalue weighted by atomic mass is 19.3. The van der Waals surface area contributed by atoms with Crippen LogP contribution in [0, 0.1) is 0 Å². The average molecular weight is 665 g/mol. The highest BCUT2D eigenvalue weighted by Crippen LogP contribution is 2.32. The van der Waals surface area contributed by atoms with Crippen LogP contribution in [0.3, 0.4) is 0 Å². The Bertz CT molecular complexity index is 950. The van der Waals surface area contributed by atoms with Gasteiger partial charge in [0.15, 0.2) is 18.7 Å². The number of hydrogen-bond acceptors (Lipinski definition) is 18. The van der Waals surface area contributed by atoms with Crippen LogP contribution in [0.2, 0.25) is 0 Å². The van der Waals surface area contributed by atoms with Crippen LogP contribution in [0.5, 0.6) is 0 Å². The summed E-state index contributed by atoms with van der Waals surface area (Å²) in [4.78, 5) is 12.6. The highest BCUT2D eigenvalue weighted by Gasteiger charge is 2.53. The van der Waals surface area contributed by atoms with E-state index < -0.39 is 123 Å². The lowest BCUT2D eigenvalue weighted by Crippen LogP contribution is -2.70. The van der Waals surface area contributed by atoms with Gasteiger partial charge in [0.1, 0.15) is 54.9 Å². The lowest BCUT2D eigenvalue weighted by atomic mass is 9.83. The minimum absolute atomic E-state index is 0.0463. The van der Waals surface area contributed by atoms with Gasteiger partial charge < -0.3 is 93.4 Å². The Morgan fingerprint density at radius 2 is 1.51 bits per heavy atom. The maximum atomic E-state index is 14.0. The van der Waals surface area contributed by atoms with Crippen LogP contribution < -0.4 is 33.6 Å². The molecule has 0 aromatic rings. The van der Waals surface area contributed by atoms with Crippen LogP contribution in [0.1, 0.15) is 6.42 Å². The topological polar surface area (TPSA) is 344 Å². The van der Waals surface area contributed by atoms with Gasteiger partial charge >= 0.3 is 0 Å². The molecule has 2 heterocycles. The van der Waals surface area contributed by atoms with Crippen LogP contribution in [0.15, 0.2) is 0 Å². The van der Waals surface area contributed by atoms with Crippen LogP contribution in [-0.4, -0.2) is 183 Å². The van der Waals surface area contributed by atoms with E-state index in [4.69, 9.17) is 47.0 Å². The van der Waals surface area contributed by atoms with Crippen molar-refractivity contribution in [2.24, 2.45) is 22.9 Å². The molecule has 2 saturated heterocycles. The van der Waals surface area contributed by atoms with E-state index in [0.717, 1.165) is 0 Å². The summed E-state index contributed by atoms with van der Waals surface area (Å²) in [6.07, 6.45) is -20.3. The third kappa shape index (κ3) is 8.58. The fourth-order valence-corrected chi connectivity index (χ4v) is 5.41. The molecule has 45 heavy (non-hydrogen) atoms. The molecule has 3 aliphatic rings. The van der Waals surface area contributed by atoms with Gasteiger partial charge in [-0.3, -0.25) is 4.79 Å². The van der Waals surface area contributed by atoms with Crippen molar-refractivity contribution < 1.29 is 73.4 Å². The van der Waals surface area contributed by atoms with Crippen LogP contribution in [0.4, 0.5) is 8.78 Å². The number of amides is 1. The van der Waals surface area contributed by atoms with E-state index in [9.17, 15) is 49.3 Å². The largest absolute Gasteiger partial charge is 0.395 e. The Kier molecular flexibility index (Phi) is 13.7. The predicted molar refractivity (Wildman–Crippen MR) is 145 cm³/mol. The van der Waals surface area contributed by atoms with Crippen molar-refractivity contribution in [3.63, 3.8) is 0 Å². The summed E-state index contributed by atoms with van der Waals surface area (Å²) in [6, 6.07) is -5.44. The zero-order valence-electron chi connectivity index (χ0n) is 24.2.